The molecule has 1 saturated heterocycles. The molecule has 5 heteroatoms. The van der Waals surface area contributed by atoms with Crippen LogP contribution in [0.1, 0.15) is 34.0 Å². The smallest absolute Gasteiger partial charge is 0.184 e. The fourth-order valence-electron chi connectivity index (χ4n) is 4.35. The number of ketones is 1. The van der Waals surface area contributed by atoms with E-state index in [4.69, 9.17) is 0 Å². The maximum Gasteiger partial charge on any atom is 0.184 e. The van der Waals surface area contributed by atoms with Crippen molar-refractivity contribution in [3.63, 3.8) is 0 Å². The minimum absolute atomic E-state index is 0.00690. The Bertz CT molecular complexity index is 880. The van der Waals surface area contributed by atoms with Crippen molar-refractivity contribution in [3.8, 4) is 0 Å². The van der Waals surface area contributed by atoms with Crippen molar-refractivity contribution in [2.75, 3.05) is 6.54 Å². The highest BCUT2D eigenvalue weighted by atomic mass is 16.1. The van der Waals surface area contributed by atoms with Crippen molar-refractivity contribution in [1.82, 2.24) is 20.5 Å². The Labute approximate surface area is 133 Å². The summed E-state index contributed by atoms with van der Waals surface area (Å²) >= 11 is 0. The van der Waals surface area contributed by atoms with Gasteiger partial charge in [0.2, 0.25) is 0 Å². The SMILES string of the molecule is O=C(c1ccn[nH]1)C1CN[C@@H]2Cc3c[nH]c4cccc(c34)[C@H]2C1. The number of rotatable bonds is 2. The minimum Gasteiger partial charge on any atom is -0.361 e. The summed E-state index contributed by atoms with van der Waals surface area (Å²) in [5.74, 6) is 0.570. The minimum atomic E-state index is 0.00690. The topological polar surface area (TPSA) is 73.6 Å². The van der Waals surface area contributed by atoms with E-state index < -0.39 is 0 Å². The van der Waals surface area contributed by atoms with Crippen molar-refractivity contribution in [2.24, 2.45) is 5.92 Å². The van der Waals surface area contributed by atoms with Crippen LogP contribution in [0.25, 0.3) is 10.9 Å². The number of aromatic amines is 2. The fraction of sp³-hybridized carbons (Fsp3) is 0.333. The molecule has 116 valence electrons. The Balaban J connectivity index is 1.52. The molecule has 0 bridgehead atoms. The van der Waals surface area contributed by atoms with Gasteiger partial charge in [0.25, 0.3) is 0 Å². The van der Waals surface area contributed by atoms with Crippen molar-refractivity contribution in [2.45, 2.75) is 24.8 Å². The van der Waals surface area contributed by atoms with Crippen LogP contribution in [0.3, 0.4) is 0 Å². The van der Waals surface area contributed by atoms with Gasteiger partial charge in [-0.1, -0.05) is 12.1 Å². The van der Waals surface area contributed by atoms with Crippen LogP contribution >= 0.6 is 0 Å². The van der Waals surface area contributed by atoms with Gasteiger partial charge in [-0.2, -0.15) is 5.10 Å². The first-order valence-electron chi connectivity index (χ1n) is 8.17. The van der Waals surface area contributed by atoms with E-state index in [1.165, 1.54) is 22.0 Å². The summed E-state index contributed by atoms with van der Waals surface area (Å²) in [6.07, 6.45) is 5.71. The Kier molecular flexibility index (Phi) is 2.73. The molecule has 0 radical (unpaired) electrons. The lowest BCUT2D eigenvalue weighted by molar-refractivity contribution is 0.0871. The zero-order valence-corrected chi connectivity index (χ0v) is 12.7. The van der Waals surface area contributed by atoms with Crippen LogP contribution in [0.15, 0.2) is 36.7 Å². The molecule has 1 aliphatic carbocycles. The highest BCUT2D eigenvalue weighted by Crippen LogP contribution is 2.42. The Morgan fingerprint density at radius 2 is 2.22 bits per heavy atom. The van der Waals surface area contributed by atoms with Gasteiger partial charge < -0.3 is 10.3 Å². The van der Waals surface area contributed by atoms with E-state index in [1.807, 2.05) is 0 Å². The van der Waals surface area contributed by atoms with Crippen molar-refractivity contribution < 1.29 is 4.79 Å². The van der Waals surface area contributed by atoms with E-state index in [1.54, 1.807) is 12.3 Å². The third kappa shape index (κ3) is 1.90. The van der Waals surface area contributed by atoms with Gasteiger partial charge in [-0.15, -0.1) is 0 Å². The molecule has 2 aromatic heterocycles. The number of benzene rings is 1. The molecule has 0 saturated carbocycles. The maximum absolute atomic E-state index is 12.7. The van der Waals surface area contributed by atoms with Gasteiger partial charge in [-0.25, -0.2) is 0 Å². The number of hydrogen-bond donors (Lipinski definition) is 3. The number of aromatic nitrogens is 3. The molecule has 1 aromatic carbocycles. The number of carbonyl (C=O) groups excluding carboxylic acids is 1. The molecular weight excluding hydrogens is 288 g/mol. The third-order valence-corrected chi connectivity index (χ3v) is 5.45. The van der Waals surface area contributed by atoms with Crippen molar-refractivity contribution in [1.29, 1.82) is 0 Å². The molecule has 1 unspecified atom stereocenters. The number of piperidine rings is 1. The molecule has 23 heavy (non-hydrogen) atoms. The van der Waals surface area contributed by atoms with Crippen LogP contribution in [0.5, 0.6) is 0 Å². The van der Waals surface area contributed by atoms with E-state index in [0.29, 0.717) is 17.7 Å². The number of carbonyl (C=O) groups is 1. The zero-order chi connectivity index (χ0) is 15.4. The predicted molar refractivity (Wildman–Crippen MR) is 87.6 cm³/mol. The molecule has 1 fully saturated rings. The average molecular weight is 306 g/mol. The fourth-order valence-corrected chi connectivity index (χ4v) is 4.35. The van der Waals surface area contributed by atoms with Crippen LogP contribution in [-0.4, -0.2) is 33.6 Å². The van der Waals surface area contributed by atoms with Crippen molar-refractivity contribution in [3.05, 3.63) is 53.5 Å². The average Bonchev–Trinajstić information content (AvgIpc) is 3.25. The number of H-pyrrole nitrogens is 2. The molecule has 5 nitrogen and oxygen atoms in total. The predicted octanol–water partition coefficient (Wildman–Crippen LogP) is 2.39. The molecule has 0 spiro atoms. The molecule has 3 heterocycles. The summed E-state index contributed by atoms with van der Waals surface area (Å²) in [6, 6.07) is 8.66. The van der Waals surface area contributed by atoms with E-state index in [9.17, 15) is 4.79 Å². The van der Waals surface area contributed by atoms with Crippen LogP contribution in [0.4, 0.5) is 0 Å². The Morgan fingerprint density at radius 1 is 1.26 bits per heavy atom. The van der Waals surface area contributed by atoms with Gasteiger partial charge in [0.05, 0.1) is 0 Å². The molecule has 0 amide bonds. The normalized spacial score (nSPS) is 26.2. The summed E-state index contributed by atoms with van der Waals surface area (Å²) < 4.78 is 0. The van der Waals surface area contributed by atoms with Gasteiger partial charge >= 0.3 is 0 Å². The van der Waals surface area contributed by atoms with Gasteiger partial charge in [0, 0.05) is 47.7 Å². The largest absolute Gasteiger partial charge is 0.361 e. The number of hydrogen-bond acceptors (Lipinski definition) is 3. The zero-order valence-electron chi connectivity index (χ0n) is 12.7. The van der Waals surface area contributed by atoms with E-state index in [-0.39, 0.29) is 11.7 Å². The third-order valence-electron chi connectivity index (χ3n) is 5.45. The lowest BCUT2D eigenvalue weighted by atomic mass is 9.72. The molecule has 5 rings (SSSR count). The van der Waals surface area contributed by atoms with E-state index in [0.717, 1.165) is 19.4 Å². The van der Waals surface area contributed by atoms with Gasteiger partial charge in [-0.3, -0.25) is 9.89 Å². The molecule has 3 N–H and O–H groups in total. The molecular formula is C18H18N4O. The first kappa shape index (κ1) is 13.1. The summed E-state index contributed by atoms with van der Waals surface area (Å²) in [4.78, 5) is 16.0. The van der Waals surface area contributed by atoms with E-state index >= 15 is 0 Å². The highest BCUT2D eigenvalue weighted by molar-refractivity contribution is 5.96. The van der Waals surface area contributed by atoms with Gasteiger partial charge in [0.1, 0.15) is 5.69 Å². The van der Waals surface area contributed by atoms with Crippen molar-refractivity contribution >= 4 is 16.7 Å². The lowest BCUT2D eigenvalue weighted by Crippen LogP contribution is -2.48. The monoisotopic (exact) mass is 306 g/mol. The summed E-state index contributed by atoms with van der Waals surface area (Å²) in [7, 11) is 0. The van der Waals surface area contributed by atoms with Crippen LogP contribution in [-0.2, 0) is 6.42 Å². The quantitative estimate of drug-likeness (QED) is 0.637. The Morgan fingerprint density at radius 3 is 3.09 bits per heavy atom. The standard InChI is InChI=1S/C18H18N4O/c23-18(15-4-5-21-22-15)11-6-13-12-2-1-3-14-17(12)10(8-19-14)7-16(13)20-9-11/h1-5,8,11,13,16,19-20H,6-7,9H2,(H,21,22)/t11?,13-,16-/m1/s1. The first-order chi connectivity index (χ1) is 11.3. The molecule has 3 atom stereocenters. The summed E-state index contributed by atoms with van der Waals surface area (Å²) in [5, 5.41) is 11.7. The van der Waals surface area contributed by atoms with Crippen LogP contribution < -0.4 is 5.32 Å². The second-order valence-corrected chi connectivity index (χ2v) is 6.68. The van der Waals surface area contributed by atoms with Crippen LogP contribution in [0.2, 0.25) is 0 Å². The summed E-state index contributed by atoms with van der Waals surface area (Å²) in [6.45, 7) is 0.745. The van der Waals surface area contributed by atoms with Gasteiger partial charge in [-0.05, 0) is 36.1 Å². The second-order valence-electron chi connectivity index (χ2n) is 6.68. The van der Waals surface area contributed by atoms with Crippen LogP contribution in [0, 0.1) is 5.92 Å². The lowest BCUT2D eigenvalue weighted by Gasteiger charge is -2.39. The summed E-state index contributed by atoms with van der Waals surface area (Å²) in [5.41, 5.74) is 4.59. The number of fused-ring (bicyclic) bond motifs is 2. The molecule has 2 aliphatic rings. The number of Topliss-reactive ketones (excluding diaryl/α,β-unsaturated/α-hetero) is 1. The highest BCUT2D eigenvalue weighted by Gasteiger charge is 2.38. The van der Waals surface area contributed by atoms with Gasteiger partial charge in [0.15, 0.2) is 5.78 Å². The molecule has 3 aromatic rings. The second kappa shape index (κ2) is 4.80. The maximum atomic E-state index is 12.7. The number of nitrogens with one attached hydrogen (secondary N) is 3. The molecule has 1 aliphatic heterocycles. The Hall–Kier alpha value is -2.40. The van der Waals surface area contributed by atoms with E-state index in [2.05, 4.69) is 44.9 Å². The number of nitrogens with zero attached hydrogens (tertiary/aromatic N) is 1. The first-order valence-corrected chi connectivity index (χ1v) is 8.17.